The Labute approximate surface area is 99.2 Å². The number of carboxylic acid groups (broad SMARTS) is 1. The first kappa shape index (κ1) is 11.7. The Hall–Kier alpha value is -1.81. The summed E-state index contributed by atoms with van der Waals surface area (Å²) < 4.78 is 4.96. The summed E-state index contributed by atoms with van der Waals surface area (Å²) in [7, 11) is 1.58. The molecule has 4 heteroatoms. The lowest BCUT2D eigenvalue weighted by Crippen LogP contribution is -2.13. The maximum Gasteiger partial charge on any atom is 0.311 e. The second-order valence-electron chi connectivity index (χ2n) is 3.96. The molecule has 1 heterocycles. The summed E-state index contributed by atoms with van der Waals surface area (Å²) >= 11 is 0. The Morgan fingerprint density at radius 1 is 1.47 bits per heavy atom. The van der Waals surface area contributed by atoms with Gasteiger partial charge in [0.1, 0.15) is 0 Å². The third kappa shape index (κ3) is 2.31. The number of carbonyl (C=O) groups is 1. The quantitative estimate of drug-likeness (QED) is 0.833. The molecule has 0 spiro atoms. The van der Waals surface area contributed by atoms with Crippen molar-refractivity contribution in [3.8, 4) is 0 Å². The van der Waals surface area contributed by atoms with Gasteiger partial charge in [0.15, 0.2) is 0 Å². The zero-order valence-electron chi connectivity index (χ0n) is 9.64. The van der Waals surface area contributed by atoms with E-state index < -0.39 is 11.9 Å². The molecule has 4 nitrogen and oxygen atoms in total. The average molecular weight is 233 g/mol. The Kier molecular flexibility index (Phi) is 3.44. The van der Waals surface area contributed by atoms with E-state index >= 15 is 0 Å². The van der Waals surface area contributed by atoms with Crippen LogP contribution >= 0.6 is 0 Å². The Morgan fingerprint density at radius 3 is 2.94 bits per heavy atom. The zero-order valence-corrected chi connectivity index (χ0v) is 9.64. The number of para-hydroxylation sites is 1. The lowest BCUT2D eigenvalue weighted by atomic mass is 9.96. The Balaban J connectivity index is 2.38. The number of ether oxygens (including phenoxy) is 1. The minimum atomic E-state index is -0.813. The first-order valence-corrected chi connectivity index (χ1v) is 5.51. The summed E-state index contributed by atoms with van der Waals surface area (Å²) in [5.74, 6) is -1.34. The van der Waals surface area contributed by atoms with Crippen molar-refractivity contribution in [3.05, 3.63) is 36.0 Å². The number of benzene rings is 1. The minimum absolute atomic E-state index is 0.441. The number of rotatable bonds is 5. The summed E-state index contributed by atoms with van der Waals surface area (Å²) in [6.07, 6.45) is 2.26. The smallest absolute Gasteiger partial charge is 0.311 e. The number of methoxy groups -OCH3 is 1. The van der Waals surface area contributed by atoms with Crippen LogP contribution in [0.25, 0.3) is 10.9 Å². The number of hydrogen-bond acceptors (Lipinski definition) is 2. The second-order valence-corrected chi connectivity index (χ2v) is 3.96. The van der Waals surface area contributed by atoms with Crippen LogP contribution in [0.1, 0.15) is 17.9 Å². The molecule has 0 radical (unpaired) electrons. The number of carboxylic acids is 1. The predicted molar refractivity (Wildman–Crippen MR) is 65.2 cm³/mol. The van der Waals surface area contributed by atoms with Crippen molar-refractivity contribution in [2.45, 2.75) is 12.3 Å². The van der Waals surface area contributed by atoms with Crippen LogP contribution in [0, 0.1) is 0 Å². The molecule has 0 aliphatic carbocycles. The maximum absolute atomic E-state index is 11.3. The van der Waals surface area contributed by atoms with Gasteiger partial charge in [0.25, 0.3) is 0 Å². The topological polar surface area (TPSA) is 62.3 Å². The standard InChI is InChI=1S/C13H15NO3/c1-17-7-6-10(13(15)16)11-8-14-12-5-3-2-4-9(11)12/h2-5,8,10,14H,6-7H2,1H3,(H,15,16). The number of aromatic amines is 1. The Bertz CT molecular complexity index is 518. The van der Waals surface area contributed by atoms with Crippen LogP contribution in [0.3, 0.4) is 0 Å². The number of fused-ring (bicyclic) bond motifs is 1. The van der Waals surface area contributed by atoms with E-state index in [-0.39, 0.29) is 0 Å². The molecule has 2 N–H and O–H groups in total. The first-order chi connectivity index (χ1) is 8.24. The summed E-state index contributed by atoms with van der Waals surface area (Å²) in [4.78, 5) is 14.4. The molecule has 1 unspecified atom stereocenters. The molecule has 0 fully saturated rings. The van der Waals surface area contributed by atoms with Gasteiger partial charge in [-0.3, -0.25) is 4.79 Å². The van der Waals surface area contributed by atoms with Crippen molar-refractivity contribution in [3.63, 3.8) is 0 Å². The van der Waals surface area contributed by atoms with Crippen molar-refractivity contribution < 1.29 is 14.6 Å². The first-order valence-electron chi connectivity index (χ1n) is 5.51. The van der Waals surface area contributed by atoms with Crippen LogP contribution in [-0.4, -0.2) is 29.8 Å². The van der Waals surface area contributed by atoms with Gasteiger partial charge < -0.3 is 14.8 Å². The molecule has 90 valence electrons. The third-order valence-corrected chi connectivity index (χ3v) is 2.91. The number of aliphatic carboxylic acids is 1. The van der Waals surface area contributed by atoms with E-state index in [4.69, 9.17) is 4.74 Å². The SMILES string of the molecule is COCCC(C(=O)O)c1c[nH]c2ccccc12. The van der Waals surface area contributed by atoms with Crippen LogP contribution in [0.2, 0.25) is 0 Å². The van der Waals surface area contributed by atoms with Gasteiger partial charge in [-0.2, -0.15) is 0 Å². The van der Waals surface area contributed by atoms with Crippen LogP contribution in [-0.2, 0) is 9.53 Å². The lowest BCUT2D eigenvalue weighted by molar-refractivity contribution is -0.139. The molecule has 17 heavy (non-hydrogen) atoms. The van der Waals surface area contributed by atoms with Gasteiger partial charge in [0.2, 0.25) is 0 Å². The fourth-order valence-electron chi connectivity index (χ4n) is 2.03. The van der Waals surface area contributed by atoms with Gasteiger partial charge in [0.05, 0.1) is 5.92 Å². The van der Waals surface area contributed by atoms with Crippen molar-refractivity contribution >= 4 is 16.9 Å². The molecule has 0 amide bonds. The predicted octanol–water partition coefficient (Wildman–Crippen LogP) is 2.37. The van der Waals surface area contributed by atoms with Crippen molar-refractivity contribution in [1.29, 1.82) is 0 Å². The summed E-state index contributed by atoms with van der Waals surface area (Å²) in [5, 5.41) is 10.2. The van der Waals surface area contributed by atoms with E-state index in [2.05, 4.69) is 4.98 Å². The highest BCUT2D eigenvalue weighted by atomic mass is 16.5. The normalized spacial score (nSPS) is 12.8. The summed E-state index contributed by atoms with van der Waals surface area (Å²) in [6.45, 7) is 0.441. The van der Waals surface area contributed by atoms with Crippen LogP contribution in [0.15, 0.2) is 30.5 Å². The molecular weight excluding hydrogens is 218 g/mol. The van der Waals surface area contributed by atoms with Crippen molar-refractivity contribution in [2.24, 2.45) is 0 Å². The summed E-state index contributed by atoms with van der Waals surface area (Å²) in [5.41, 5.74) is 1.79. The van der Waals surface area contributed by atoms with Gasteiger partial charge in [0, 0.05) is 30.8 Å². The van der Waals surface area contributed by atoms with E-state index in [0.29, 0.717) is 13.0 Å². The highest BCUT2D eigenvalue weighted by molar-refractivity contribution is 5.89. The van der Waals surface area contributed by atoms with Crippen molar-refractivity contribution in [2.75, 3.05) is 13.7 Å². The van der Waals surface area contributed by atoms with Gasteiger partial charge in [-0.25, -0.2) is 0 Å². The highest BCUT2D eigenvalue weighted by Gasteiger charge is 2.22. The molecule has 0 aliphatic heterocycles. The molecule has 0 bridgehead atoms. The molecule has 2 rings (SSSR count). The van der Waals surface area contributed by atoms with Crippen molar-refractivity contribution in [1.82, 2.24) is 4.98 Å². The van der Waals surface area contributed by atoms with Crippen LogP contribution < -0.4 is 0 Å². The van der Waals surface area contributed by atoms with Crippen LogP contribution in [0.5, 0.6) is 0 Å². The lowest BCUT2D eigenvalue weighted by Gasteiger charge is -2.10. The van der Waals surface area contributed by atoms with E-state index in [1.807, 2.05) is 24.3 Å². The van der Waals surface area contributed by atoms with Gasteiger partial charge in [-0.1, -0.05) is 18.2 Å². The Morgan fingerprint density at radius 2 is 2.24 bits per heavy atom. The fourth-order valence-corrected chi connectivity index (χ4v) is 2.03. The van der Waals surface area contributed by atoms with Crippen LogP contribution in [0.4, 0.5) is 0 Å². The largest absolute Gasteiger partial charge is 0.481 e. The van der Waals surface area contributed by atoms with E-state index in [0.717, 1.165) is 16.5 Å². The number of nitrogens with one attached hydrogen (secondary N) is 1. The van der Waals surface area contributed by atoms with Gasteiger partial charge in [-0.05, 0) is 18.1 Å². The number of H-pyrrole nitrogens is 1. The third-order valence-electron chi connectivity index (χ3n) is 2.91. The molecule has 0 aliphatic rings. The second kappa shape index (κ2) is 5.01. The molecule has 1 atom stereocenters. The van der Waals surface area contributed by atoms with E-state index in [9.17, 15) is 9.90 Å². The van der Waals surface area contributed by atoms with E-state index in [1.165, 1.54) is 0 Å². The molecule has 0 saturated heterocycles. The monoisotopic (exact) mass is 233 g/mol. The van der Waals surface area contributed by atoms with Gasteiger partial charge in [-0.15, -0.1) is 0 Å². The molecular formula is C13H15NO3. The fraction of sp³-hybridized carbons (Fsp3) is 0.308. The highest BCUT2D eigenvalue weighted by Crippen LogP contribution is 2.28. The number of aromatic nitrogens is 1. The summed E-state index contributed by atoms with van der Waals surface area (Å²) in [6, 6.07) is 7.71. The zero-order chi connectivity index (χ0) is 12.3. The molecule has 0 saturated carbocycles. The number of hydrogen-bond donors (Lipinski definition) is 2. The molecule has 1 aromatic carbocycles. The van der Waals surface area contributed by atoms with E-state index in [1.54, 1.807) is 13.3 Å². The van der Waals surface area contributed by atoms with Gasteiger partial charge >= 0.3 is 5.97 Å². The maximum atomic E-state index is 11.3. The molecule has 2 aromatic rings. The molecule has 1 aromatic heterocycles. The average Bonchev–Trinajstić information content (AvgIpc) is 2.73. The minimum Gasteiger partial charge on any atom is -0.481 e.